The van der Waals surface area contributed by atoms with E-state index in [4.69, 9.17) is 0 Å². The third-order valence-electron chi connectivity index (χ3n) is 3.68. The smallest absolute Gasteiger partial charge is 0.0305 e. The molecule has 1 nitrogen and oxygen atoms in total. The van der Waals surface area contributed by atoms with E-state index in [0.29, 0.717) is 6.04 Å². The lowest BCUT2D eigenvalue weighted by atomic mass is 9.90. The zero-order chi connectivity index (χ0) is 9.26. The van der Waals surface area contributed by atoms with Crippen LogP contribution in [0.15, 0.2) is 11.6 Å². The van der Waals surface area contributed by atoms with E-state index in [-0.39, 0.29) is 0 Å². The van der Waals surface area contributed by atoms with Gasteiger partial charge in [0.15, 0.2) is 0 Å². The van der Waals surface area contributed by atoms with Gasteiger partial charge in [-0.3, -0.25) is 0 Å². The highest BCUT2D eigenvalue weighted by Crippen LogP contribution is 2.40. The molecule has 0 saturated heterocycles. The van der Waals surface area contributed by atoms with Gasteiger partial charge in [-0.2, -0.15) is 0 Å². The summed E-state index contributed by atoms with van der Waals surface area (Å²) in [6.45, 7) is 2.41. The number of likely N-dealkylation sites (N-methyl/N-ethyl adjacent to an activating group) is 1. The van der Waals surface area contributed by atoms with Crippen molar-refractivity contribution in [2.75, 3.05) is 7.05 Å². The van der Waals surface area contributed by atoms with Crippen LogP contribution in [-0.2, 0) is 0 Å². The van der Waals surface area contributed by atoms with Crippen molar-refractivity contribution in [2.45, 2.75) is 45.1 Å². The SMILES string of the molecule is CNC(C1=CCCC1)C(C)C1CC1. The van der Waals surface area contributed by atoms with Gasteiger partial charge in [0.05, 0.1) is 0 Å². The second kappa shape index (κ2) is 3.83. The lowest BCUT2D eigenvalue weighted by molar-refractivity contribution is 0.394. The van der Waals surface area contributed by atoms with Crippen molar-refractivity contribution in [3.8, 4) is 0 Å². The lowest BCUT2D eigenvalue weighted by Crippen LogP contribution is -2.34. The topological polar surface area (TPSA) is 12.0 Å². The van der Waals surface area contributed by atoms with Gasteiger partial charge in [0.25, 0.3) is 0 Å². The van der Waals surface area contributed by atoms with Crippen molar-refractivity contribution >= 4 is 0 Å². The van der Waals surface area contributed by atoms with Gasteiger partial charge in [-0.25, -0.2) is 0 Å². The van der Waals surface area contributed by atoms with Crippen LogP contribution >= 0.6 is 0 Å². The first-order valence-electron chi connectivity index (χ1n) is 5.69. The molecule has 2 rings (SSSR count). The van der Waals surface area contributed by atoms with Crippen LogP contribution in [0.5, 0.6) is 0 Å². The van der Waals surface area contributed by atoms with E-state index in [1.165, 1.54) is 32.1 Å². The van der Waals surface area contributed by atoms with Gasteiger partial charge < -0.3 is 5.32 Å². The number of hydrogen-bond acceptors (Lipinski definition) is 1. The maximum Gasteiger partial charge on any atom is 0.0305 e. The summed E-state index contributed by atoms with van der Waals surface area (Å²) in [5.41, 5.74) is 1.68. The molecule has 0 radical (unpaired) electrons. The van der Waals surface area contributed by atoms with Gasteiger partial charge in [-0.05, 0) is 51.0 Å². The minimum absolute atomic E-state index is 0.676. The largest absolute Gasteiger partial charge is 0.313 e. The first-order valence-corrected chi connectivity index (χ1v) is 5.69. The van der Waals surface area contributed by atoms with Gasteiger partial charge in [-0.1, -0.05) is 18.6 Å². The van der Waals surface area contributed by atoms with Gasteiger partial charge in [-0.15, -0.1) is 0 Å². The molecular formula is C12H21N. The Morgan fingerprint density at radius 1 is 1.46 bits per heavy atom. The van der Waals surface area contributed by atoms with Gasteiger partial charge in [0.1, 0.15) is 0 Å². The fourth-order valence-electron chi connectivity index (χ4n) is 2.66. The average Bonchev–Trinajstić information content (AvgIpc) is 2.86. The van der Waals surface area contributed by atoms with Crippen molar-refractivity contribution in [1.29, 1.82) is 0 Å². The third-order valence-corrected chi connectivity index (χ3v) is 3.68. The first-order chi connectivity index (χ1) is 6.33. The van der Waals surface area contributed by atoms with Crippen LogP contribution < -0.4 is 5.32 Å². The molecular weight excluding hydrogens is 158 g/mol. The summed E-state index contributed by atoms with van der Waals surface area (Å²) in [4.78, 5) is 0. The fraction of sp³-hybridized carbons (Fsp3) is 0.833. The molecule has 2 aliphatic rings. The average molecular weight is 179 g/mol. The highest BCUT2D eigenvalue weighted by Gasteiger charge is 2.34. The highest BCUT2D eigenvalue weighted by molar-refractivity contribution is 5.17. The van der Waals surface area contributed by atoms with E-state index in [2.05, 4.69) is 25.4 Å². The van der Waals surface area contributed by atoms with E-state index in [0.717, 1.165) is 11.8 Å². The quantitative estimate of drug-likeness (QED) is 0.654. The van der Waals surface area contributed by atoms with Crippen LogP contribution in [-0.4, -0.2) is 13.1 Å². The zero-order valence-corrected chi connectivity index (χ0v) is 8.84. The lowest BCUT2D eigenvalue weighted by Gasteiger charge is -2.24. The minimum atomic E-state index is 0.676. The van der Waals surface area contributed by atoms with E-state index < -0.39 is 0 Å². The Labute approximate surface area is 81.6 Å². The molecule has 74 valence electrons. The molecule has 2 atom stereocenters. The monoisotopic (exact) mass is 179 g/mol. The van der Waals surface area contributed by atoms with Crippen LogP contribution in [0.4, 0.5) is 0 Å². The Kier molecular flexibility index (Phi) is 2.73. The molecule has 0 heterocycles. The molecule has 0 aromatic heterocycles. The fourth-order valence-corrected chi connectivity index (χ4v) is 2.66. The van der Waals surface area contributed by atoms with Crippen molar-refractivity contribution in [2.24, 2.45) is 11.8 Å². The predicted octanol–water partition coefficient (Wildman–Crippen LogP) is 2.73. The second-order valence-corrected chi connectivity index (χ2v) is 4.63. The maximum atomic E-state index is 3.50. The van der Waals surface area contributed by atoms with Gasteiger partial charge >= 0.3 is 0 Å². The number of nitrogens with one attached hydrogen (secondary N) is 1. The summed E-state index contributed by atoms with van der Waals surface area (Å²) >= 11 is 0. The van der Waals surface area contributed by atoms with E-state index in [1.807, 2.05) is 0 Å². The Morgan fingerprint density at radius 2 is 2.23 bits per heavy atom. The normalized spacial score (nSPS) is 27.1. The van der Waals surface area contributed by atoms with Gasteiger partial charge in [0, 0.05) is 6.04 Å². The molecule has 13 heavy (non-hydrogen) atoms. The first kappa shape index (κ1) is 9.26. The summed E-state index contributed by atoms with van der Waals surface area (Å²) in [6, 6.07) is 0.676. The number of allylic oxidation sites excluding steroid dienone is 1. The summed E-state index contributed by atoms with van der Waals surface area (Å²) < 4.78 is 0. The number of hydrogen-bond donors (Lipinski definition) is 1. The van der Waals surface area contributed by atoms with Crippen molar-refractivity contribution < 1.29 is 0 Å². The molecule has 0 aromatic carbocycles. The van der Waals surface area contributed by atoms with Crippen molar-refractivity contribution in [3.05, 3.63) is 11.6 Å². The summed E-state index contributed by atoms with van der Waals surface area (Å²) in [7, 11) is 2.11. The predicted molar refractivity (Wildman–Crippen MR) is 56.7 cm³/mol. The Balaban J connectivity index is 1.98. The Morgan fingerprint density at radius 3 is 2.69 bits per heavy atom. The van der Waals surface area contributed by atoms with Gasteiger partial charge in [0.2, 0.25) is 0 Å². The van der Waals surface area contributed by atoms with E-state index in [1.54, 1.807) is 5.57 Å². The molecule has 0 aromatic rings. The van der Waals surface area contributed by atoms with Crippen molar-refractivity contribution in [1.82, 2.24) is 5.32 Å². The summed E-state index contributed by atoms with van der Waals surface area (Å²) in [6.07, 6.45) is 9.41. The van der Waals surface area contributed by atoms with Crippen LogP contribution in [0.1, 0.15) is 39.0 Å². The minimum Gasteiger partial charge on any atom is -0.313 e. The Bertz CT molecular complexity index is 203. The second-order valence-electron chi connectivity index (χ2n) is 4.63. The molecule has 1 fully saturated rings. The summed E-state index contributed by atoms with van der Waals surface area (Å²) in [5.74, 6) is 1.87. The molecule has 0 bridgehead atoms. The summed E-state index contributed by atoms with van der Waals surface area (Å²) in [5, 5.41) is 3.50. The molecule has 1 N–H and O–H groups in total. The number of rotatable bonds is 4. The Hall–Kier alpha value is -0.300. The molecule has 2 aliphatic carbocycles. The molecule has 2 unspecified atom stereocenters. The molecule has 0 amide bonds. The molecule has 1 saturated carbocycles. The van der Waals surface area contributed by atoms with Crippen LogP contribution in [0, 0.1) is 11.8 Å². The van der Waals surface area contributed by atoms with Crippen molar-refractivity contribution in [3.63, 3.8) is 0 Å². The van der Waals surface area contributed by atoms with Crippen LogP contribution in [0.25, 0.3) is 0 Å². The van der Waals surface area contributed by atoms with Crippen LogP contribution in [0.2, 0.25) is 0 Å². The zero-order valence-electron chi connectivity index (χ0n) is 8.84. The molecule has 1 heteroatoms. The standard InChI is InChI=1S/C12H21N/c1-9(10-7-8-10)12(13-2)11-5-3-4-6-11/h5,9-10,12-13H,3-4,6-8H2,1-2H3. The van der Waals surface area contributed by atoms with E-state index in [9.17, 15) is 0 Å². The molecule has 0 spiro atoms. The van der Waals surface area contributed by atoms with Crippen LogP contribution in [0.3, 0.4) is 0 Å². The maximum absolute atomic E-state index is 3.50. The molecule has 0 aliphatic heterocycles. The highest BCUT2D eigenvalue weighted by atomic mass is 14.9. The third kappa shape index (κ3) is 1.96. The van der Waals surface area contributed by atoms with E-state index >= 15 is 0 Å².